The van der Waals surface area contributed by atoms with Crippen molar-refractivity contribution in [2.24, 2.45) is 0 Å². The van der Waals surface area contributed by atoms with Crippen LogP contribution in [0.4, 0.5) is 5.69 Å². The van der Waals surface area contributed by atoms with Crippen molar-refractivity contribution in [2.45, 2.75) is 32.2 Å². The van der Waals surface area contributed by atoms with E-state index in [9.17, 15) is 9.59 Å². The van der Waals surface area contributed by atoms with E-state index in [4.69, 9.17) is 4.74 Å². The van der Waals surface area contributed by atoms with Crippen molar-refractivity contribution in [3.8, 4) is 0 Å². The van der Waals surface area contributed by atoms with Crippen LogP contribution in [-0.2, 0) is 9.53 Å². The summed E-state index contributed by atoms with van der Waals surface area (Å²) in [4.78, 5) is 27.0. The minimum Gasteiger partial charge on any atom is -0.378 e. The van der Waals surface area contributed by atoms with Crippen LogP contribution in [0.3, 0.4) is 0 Å². The van der Waals surface area contributed by atoms with Crippen molar-refractivity contribution >= 4 is 17.5 Å². The van der Waals surface area contributed by atoms with E-state index < -0.39 is 0 Å². The molecule has 0 bridgehead atoms. The van der Waals surface area contributed by atoms with Gasteiger partial charge in [0, 0.05) is 32.1 Å². The molecule has 1 unspecified atom stereocenters. The number of likely N-dealkylation sites (tertiary alicyclic amines) is 1. The third-order valence-corrected chi connectivity index (χ3v) is 4.58. The minimum absolute atomic E-state index is 0.0139. The van der Waals surface area contributed by atoms with Crippen molar-refractivity contribution < 1.29 is 14.3 Å². The zero-order chi connectivity index (χ0) is 16.9. The lowest BCUT2D eigenvalue weighted by Gasteiger charge is -2.24. The molecule has 2 heterocycles. The van der Waals surface area contributed by atoms with Crippen molar-refractivity contribution in [3.05, 3.63) is 29.3 Å². The Morgan fingerprint density at radius 1 is 1.33 bits per heavy atom. The van der Waals surface area contributed by atoms with Gasteiger partial charge in [-0.15, -0.1) is 0 Å². The Morgan fingerprint density at radius 2 is 2.12 bits per heavy atom. The van der Waals surface area contributed by atoms with E-state index in [0.29, 0.717) is 30.9 Å². The maximum Gasteiger partial charge on any atom is 0.256 e. The number of aryl methyl sites for hydroxylation is 1. The third kappa shape index (κ3) is 3.94. The first kappa shape index (κ1) is 16.9. The summed E-state index contributed by atoms with van der Waals surface area (Å²) in [5, 5.41) is 6.19. The van der Waals surface area contributed by atoms with Crippen LogP contribution in [-0.4, -0.2) is 55.6 Å². The maximum atomic E-state index is 12.8. The van der Waals surface area contributed by atoms with Crippen LogP contribution >= 0.6 is 0 Å². The number of hydrogen-bond acceptors (Lipinski definition) is 4. The smallest absolute Gasteiger partial charge is 0.256 e. The minimum atomic E-state index is -0.0981. The average Bonchev–Trinajstić information content (AvgIpc) is 3.10. The van der Waals surface area contributed by atoms with E-state index in [1.165, 1.54) is 0 Å². The second-order valence-electron chi connectivity index (χ2n) is 6.48. The Morgan fingerprint density at radius 3 is 2.83 bits per heavy atom. The quantitative estimate of drug-likeness (QED) is 0.878. The number of ether oxygens (including phenoxy) is 1. The van der Waals surface area contributed by atoms with Gasteiger partial charge in [0.05, 0.1) is 24.5 Å². The van der Waals surface area contributed by atoms with Crippen molar-refractivity contribution in [3.63, 3.8) is 0 Å². The van der Waals surface area contributed by atoms with Gasteiger partial charge in [0.2, 0.25) is 5.91 Å². The largest absolute Gasteiger partial charge is 0.378 e. The van der Waals surface area contributed by atoms with Gasteiger partial charge >= 0.3 is 0 Å². The monoisotopic (exact) mass is 331 g/mol. The van der Waals surface area contributed by atoms with Crippen LogP contribution in [0.15, 0.2) is 18.2 Å². The molecule has 6 heteroatoms. The summed E-state index contributed by atoms with van der Waals surface area (Å²) in [6.07, 6.45) is 2.44. The Kier molecular flexibility index (Phi) is 5.48. The van der Waals surface area contributed by atoms with Gasteiger partial charge in [0.15, 0.2) is 0 Å². The predicted molar refractivity (Wildman–Crippen MR) is 92.2 cm³/mol. The number of nitrogens with zero attached hydrogens (tertiary/aromatic N) is 1. The second kappa shape index (κ2) is 7.77. The van der Waals surface area contributed by atoms with Crippen LogP contribution in [0, 0.1) is 6.92 Å². The molecule has 0 spiro atoms. The van der Waals surface area contributed by atoms with Gasteiger partial charge in [0.1, 0.15) is 0 Å². The molecule has 2 N–H and O–H groups in total. The van der Waals surface area contributed by atoms with Gasteiger partial charge in [-0.3, -0.25) is 9.59 Å². The lowest BCUT2D eigenvalue weighted by Crippen LogP contribution is -2.43. The number of hydrogen-bond donors (Lipinski definition) is 2. The molecule has 1 aromatic carbocycles. The SMILES string of the molecule is Cc1cccc(NC(=O)CC2COCCN2)c1C(=O)N1CCCC1. The second-order valence-corrected chi connectivity index (χ2v) is 6.48. The van der Waals surface area contributed by atoms with Crippen LogP contribution in [0.2, 0.25) is 0 Å². The van der Waals surface area contributed by atoms with Crippen molar-refractivity contribution in [1.29, 1.82) is 0 Å². The van der Waals surface area contributed by atoms with Crippen LogP contribution < -0.4 is 10.6 Å². The molecule has 0 aliphatic carbocycles. The Labute approximate surface area is 142 Å². The molecule has 0 radical (unpaired) electrons. The highest BCUT2D eigenvalue weighted by Gasteiger charge is 2.24. The molecule has 0 saturated carbocycles. The Balaban J connectivity index is 1.71. The van der Waals surface area contributed by atoms with Gasteiger partial charge < -0.3 is 20.3 Å². The average molecular weight is 331 g/mol. The van der Waals surface area contributed by atoms with Crippen LogP contribution in [0.1, 0.15) is 35.2 Å². The molecule has 6 nitrogen and oxygen atoms in total. The summed E-state index contributed by atoms with van der Waals surface area (Å²) in [6, 6.07) is 5.61. The molecule has 3 rings (SSSR count). The zero-order valence-corrected chi connectivity index (χ0v) is 14.1. The van der Waals surface area contributed by atoms with E-state index in [1.54, 1.807) is 6.07 Å². The van der Waals surface area contributed by atoms with Gasteiger partial charge in [-0.2, -0.15) is 0 Å². The van der Waals surface area contributed by atoms with Crippen LogP contribution in [0.5, 0.6) is 0 Å². The Bertz CT molecular complexity index is 606. The molecule has 130 valence electrons. The number of rotatable bonds is 4. The van der Waals surface area contributed by atoms with Crippen LogP contribution in [0.25, 0.3) is 0 Å². The molecular weight excluding hydrogens is 306 g/mol. The first-order chi connectivity index (χ1) is 11.6. The van der Waals surface area contributed by atoms with Gasteiger partial charge in [-0.25, -0.2) is 0 Å². The predicted octanol–water partition coefficient (Wildman–Crippen LogP) is 1.55. The van der Waals surface area contributed by atoms with Gasteiger partial charge in [0.25, 0.3) is 5.91 Å². The fourth-order valence-corrected chi connectivity index (χ4v) is 3.31. The first-order valence-corrected chi connectivity index (χ1v) is 8.65. The first-order valence-electron chi connectivity index (χ1n) is 8.65. The topological polar surface area (TPSA) is 70.7 Å². The molecule has 1 atom stereocenters. The highest BCUT2D eigenvalue weighted by molar-refractivity contribution is 6.05. The van der Waals surface area contributed by atoms with E-state index in [1.807, 2.05) is 24.0 Å². The fraction of sp³-hybridized carbons (Fsp3) is 0.556. The highest BCUT2D eigenvalue weighted by atomic mass is 16.5. The molecule has 24 heavy (non-hydrogen) atoms. The van der Waals surface area contributed by atoms with E-state index in [0.717, 1.165) is 38.0 Å². The number of benzene rings is 1. The third-order valence-electron chi connectivity index (χ3n) is 4.58. The number of carbonyl (C=O) groups excluding carboxylic acids is 2. The summed E-state index contributed by atoms with van der Waals surface area (Å²) < 4.78 is 5.38. The molecule has 1 aromatic rings. The molecule has 2 amide bonds. The lowest BCUT2D eigenvalue weighted by molar-refractivity contribution is -0.117. The number of anilines is 1. The van der Waals surface area contributed by atoms with Gasteiger partial charge in [-0.1, -0.05) is 12.1 Å². The highest BCUT2D eigenvalue weighted by Crippen LogP contribution is 2.24. The maximum absolute atomic E-state index is 12.8. The van der Waals surface area contributed by atoms with Crippen molar-refractivity contribution in [1.82, 2.24) is 10.2 Å². The summed E-state index contributed by atoms with van der Waals surface area (Å²) >= 11 is 0. The molecule has 2 aliphatic rings. The summed E-state index contributed by atoms with van der Waals surface area (Å²) in [5.41, 5.74) is 2.11. The number of morpholine rings is 1. The van der Waals surface area contributed by atoms with E-state index in [2.05, 4.69) is 10.6 Å². The molecule has 2 aliphatic heterocycles. The van der Waals surface area contributed by atoms with Crippen molar-refractivity contribution in [2.75, 3.05) is 38.2 Å². The Hall–Kier alpha value is -1.92. The normalized spacial score (nSPS) is 20.9. The molecule has 2 fully saturated rings. The van der Waals surface area contributed by atoms with E-state index >= 15 is 0 Å². The van der Waals surface area contributed by atoms with E-state index in [-0.39, 0.29) is 17.9 Å². The number of amides is 2. The number of nitrogens with one attached hydrogen (secondary N) is 2. The molecule has 2 saturated heterocycles. The summed E-state index contributed by atoms with van der Waals surface area (Å²) in [6.45, 7) is 5.50. The number of carbonyl (C=O) groups is 2. The molecule has 0 aromatic heterocycles. The summed E-state index contributed by atoms with van der Waals surface area (Å²) in [5.74, 6) is -0.0842. The fourth-order valence-electron chi connectivity index (χ4n) is 3.31. The van der Waals surface area contributed by atoms with Gasteiger partial charge in [-0.05, 0) is 31.4 Å². The molecular formula is C18H25N3O3. The lowest BCUT2D eigenvalue weighted by atomic mass is 10.0. The standard InChI is InChI=1S/C18H25N3O3/c1-13-5-4-6-15(17(13)18(23)21-8-2-3-9-21)20-16(22)11-14-12-24-10-7-19-14/h4-6,14,19H,2-3,7-12H2,1H3,(H,20,22). The summed E-state index contributed by atoms with van der Waals surface area (Å²) in [7, 11) is 0. The zero-order valence-electron chi connectivity index (χ0n) is 14.1.